The van der Waals surface area contributed by atoms with Crippen molar-refractivity contribution < 1.29 is 24.3 Å². The van der Waals surface area contributed by atoms with E-state index in [9.17, 15) is 14.7 Å². The Morgan fingerprint density at radius 1 is 1.09 bits per heavy atom. The number of carbonyl (C=O) groups excluding carboxylic acids is 2. The number of ketones is 1. The predicted molar refractivity (Wildman–Crippen MR) is 120 cm³/mol. The number of likely N-dealkylation sites (N-methyl/N-ethyl adjacent to an activating group) is 1. The Morgan fingerprint density at radius 3 is 2.28 bits per heavy atom. The van der Waals surface area contributed by atoms with Gasteiger partial charge in [-0.15, -0.1) is 0 Å². The van der Waals surface area contributed by atoms with Crippen LogP contribution in [0.4, 0.5) is 0 Å². The number of nitrogens with one attached hydrogen (secondary N) is 1. The topological polar surface area (TPSA) is 87.0 Å². The molecule has 170 valence electrons. The molecule has 0 bridgehead atoms. The minimum absolute atomic E-state index is 0.00623. The molecule has 1 unspecified atom stereocenters. The van der Waals surface area contributed by atoms with E-state index in [1.165, 1.54) is 9.80 Å². The van der Waals surface area contributed by atoms with Gasteiger partial charge in [0, 0.05) is 18.0 Å². The van der Waals surface area contributed by atoms with Crippen molar-refractivity contribution in [2.75, 3.05) is 26.2 Å². The van der Waals surface area contributed by atoms with Crippen molar-refractivity contribution in [1.82, 2.24) is 9.88 Å². The summed E-state index contributed by atoms with van der Waals surface area (Å²) in [6.45, 7) is 11.0. The second kappa shape index (κ2) is 10.4. The molecule has 1 aromatic carbocycles. The van der Waals surface area contributed by atoms with E-state index in [0.717, 1.165) is 13.1 Å². The molecule has 2 aromatic rings. The summed E-state index contributed by atoms with van der Waals surface area (Å²) < 4.78 is 5.64. The quantitative estimate of drug-likeness (QED) is 0.360. The van der Waals surface area contributed by atoms with Gasteiger partial charge in [-0.05, 0) is 63.1 Å². The summed E-state index contributed by atoms with van der Waals surface area (Å²) in [7, 11) is 0. The first-order valence-electron chi connectivity index (χ1n) is 11.1. The molecule has 1 N–H and O–H groups in total. The molecule has 1 fully saturated rings. The maximum Gasteiger partial charge on any atom is 0.295 e. The van der Waals surface area contributed by atoms with Crippen LogP contribution in [-0.2, 0) is 9.59 Å². The summed E-state index contributed by atoms with van der Waals surface area (Å²) in [6, 6.07) is 9.47. The third-order valence-corrected chi connectivity index (χ3v) is 5.75. The second-order valence-electron chi connectivity index (χ2n) is 8.15. The Morgan fingerprint density at radius 2 is 1.72 bits per heavy atom. The lowest BCUT2D eigenvalue weighted by Crippen LogP contribution is -3.12. The van der Waals surface area contributed by atoms with Crippen molar-refractivity contribution in [3.63, 3.8) is 0 Å². The van der Waals surface area contributed by atoms with Crippen LogP contribution in [0, 0.1) is 0 Å². The lowest BCUT2D eigenvalue weighted by molar-refractivity contribution is -0.895. The molecule has 1 aliphatic rings. The van der Waals surface area contributed by atoms with Gasteiger partial charge in [0.2, 0.25) is 5.78 Å². The van der Waals surface area contributed by atoms with Gasteiger partial charge in [-0.2, -0.15) is 0 Å². The van der Waals surface area contributed by atoms with Crippen molar-refractivity contribution in [2.24, 2.45) is 0 Å². The van der Waals surface area contributed by atoms with Crippen molar-refractivity contribution in [2.45, 2.75) is 39.8 Å². The number of likely N-dealkylation sites (tertiary alicyclic amines) is 1. The van der Waals surface area contributed by atoms with Crippen LogP contribution in [0.1, 0.15) is 44.9 Å². The Balaban J connectivity index is 2.02. The zero-order chi connectivity index (χ0) is 23.3. The number of hydrogen-bond acceptors (Lipinski definition) is 5. The molecule has 1 aliphatic heterocycles. The third-order valence-electron chi connectivity index (χ3n) is 5.75. The van der Waals surface area contributed by atoms with Crippen LogP contribution in [0.3, 0.4) is 0 Å². The molecule has 0 spiro atoms. The molecule has 3 rings (SSSR count). The lowest BCUT2D eigenvalue weighted by Gasteiger charge is -2.28. The van der Waals surface area contributed by atoms with E-state index in [1.54, 1.807) is 48.8 Å². The largest absolute Gasteiger partial charge is 0.872 e. The molecule has 32 heavy (non-hydrogen) atoms. The summed E-state index contributed by atoms with van der Waals surface area (Å²) in [6.07, 6.45) is 3.23. The molecule has 0 aliphatic carbocycles. The number of pyridine rings is 1. The molecule has 1 amide bonds. The molecule has 1 saturated heterocycles. The van der Waals surface area contributed by atoms with E-state index in [0.29, 0.717) is 30.0 Å². The Bertz CT molecular complexity index is 966. The van der Waals surface area contributed by atoms with Gasteiger partial charge < -0.3 is 19.6 Å². The predicted octanol–water partition coefficient (Wildman–Crippen LogP) is 1.02. The van der Waals surface area contributed by atoms with Gasteiger partial charge in [0.05, 0.1) is 38.3 Å². The van der Waals surface area contributed by atoms with Gasteiger partial charge in [-0.1, -0.05) is 17.9 Å². The van der Waals surface area contributed by atoms with E-state index in [1.807, 2.05) is 13.8 Å². The highest BCUT2D eigenvalue weighted by Gasteiger charge is 2.44. The number of rotatable bonds is 9. The van der Waals surface area contributed by atoms with Crippen LogP contribution < -0.4 is 14.7 Å². The van der Waals surface area contributed by atoms with Gasteiger partial charge >= 0.3 is 0 Å². The highest BCUT2D eigenvalue weighted by Crippen LogP contribution is 2.38. The molecule has 2 heterocycles. The Hall–Kier alpha value is -3.19. The third kappa shape index (κ3) is 4.99. The number of carbonyl (C=O) groups is 2. The standard InChI is InChI=1S/C25H31N3O4/c1-5-27(6-2)15-16-28-22(18-11-13-26-14-12-18)21(24(30)25(28)31)23(29)19-7-9-20(10-8-19)32-17(3)4/h7-14,17,22,29H,5-6,15-16H2,1-4H3. The summed E-state index contributed by atoms with van der Waals surface area (Å²) in [5, 5.41) is 13.4. The smallest absolute Gasteiger partial charge is 0.295 e. The van der Waals surface area contributed by atoms with Crippen molar-refractivity contribution in [3.05, 3.63) is 65.5 Å². The average molecular weight is 438 g/mol. The number of aromatic nitrogens is 1. The molecule has 7 heteroatoms. The molecular weight excluding hydrogens is 406 g/mol. The van der Waals surface area contributed by atoms with Gasteiger partial charge in [0.15, 0.2) is 0 Å². The van der Waals surface area contributed by atoms with Crippen LogP contribution in [0.2, 0.25) is 0 Å². The van der Waals surface area contributed by atoms with E-state index in [-0.39, 0.29) is 11.7 Å². The van der Waals surface area contributed by atoms with Gasteiger partial charge in [0.25, 0.3) is 5.91 Å². The summed E-state index contributed by atoms with van der Waals surface area (Å²) in [5.74, 6) is -1.14. The minimum atomic E-state index is -0.728. The first-order chi connectivity index (χ1) is 15.4. The van der Waals surface area contributed by atoms with Gasteiger partial charge in [-0.3, -0.25) is 14.6 Å². The second-order valence-corrected chi connectivity index (χ2v) is 8.15. The van der Waals surface area contributed by atoms with Crippen LogP contribution in [0.25, 0.3) is 5.76 Å². The number of amides is 1. The number of benzene rings is 1. The van der Waals surface area contributed by atoms with E-state index in [2.05, 4.69) is 18.8 Å². The number of quaternary nitrogens is 1. The highest BCUT2D eigenvalue weighted by molar-refractivity contribution is 6.46. The molecular formula is C25H31N3O4. The summed E-state index contributed by atoms with van der Waals surface area (Å²) in [5.41, 5.74) is 1.05. The summed E-state index contributed by atoms with van der Waals surface area (Å²) >= 11 is 0. The van der Waals surface area contributed by atoms with Gasteiger partial charge in [-0.25, -0.2) is 0 Å². The highest BCUT2D eigenvalue weighted by atomic mass is 16.5. The van der Waals surface area contributed by atoms with E-state index >= 15 is 0 Å². The Labute approximate surface area is 189 Å². The summed E-state index contributed by atoms with van der Waals surface area (Å²) in [4.78, 5) is 32.9. The van der Waals surface area contributed by atoms with Crippen LogP contribution in [0.15, 0.2) is 54.4 Å². The molecule has 1 aromatic heterocycles. The zero-order valence-electron chi connectivity index (χ0n) is 19.1. The number of hydrogen-bond donors (Lipinski definition) is 1. The molecule has 0 saturated carbocycles. The number of ether oxygens (including phenoxy) is 1. The van der Waals surface area contributed by atoms with E-state index < -0.39 is 23.5 Å². The van der Waals surface area contributed by atoms with Crippen molar-refractivity contribution in [1.29, 1.82) is 0 Å². The fraction of sp³-hybridized carbons (Fsp3) is 0.400. The fourth-order valence-corrected chi connectivity index (χ4v) is 3.99. The van der Waals surface area contributed by atoms with Crippen LogP contribution in [0.5, 0.6) is 5.75 Å². The number of nitrogens with zero attached hydrogens (tertiary/aromatic N) is 2. The average Bonchev–Trinajstić information content (AvgIpc) is 3.05. The molecule has 0 radical (unpaired) electrons. The van der Waals surface area contributed by atoms with E-state index in [4.69, 9.17) is 4.74 Å². The normalized spacial score (nSPS) is 18.1. The monoisotopic (exact) mass is 437 g/mol. The van der Waals surface area contributed by atoms with Crippen LogP contribution in [-0.4, -0.2) is 53.9 Å². The minimum Gasteiger partial charge on any atom is -0.872 e. The molecule has 1 atom stereocenters. The number of Topliss-reactive ketones (excluding diaryl/α,β-unsaturated/α-hetero) is 1. The first-order valence-corrected chi connectivity index (χ1v) is 11.1. The zero-order valence-corrected chi connectivity index (χ0v) is 19.1. The maximum absolute atomic E-state index is 13.4. The SMILES string of the molecule is CC[NH+](CC)CCN1C(=O)C(=O)C(=C([O-])c2ccc(OC(C)C)cc2)C1c1ccncc1. The maximum atomic E-state index is 13.4. The van der Waals surface area contributed by atoms with Crippen LogP contribution >= 0.6 is 0 Å². The van der Waals surface area contributed by atoms with Crippen molar-refractivity contribution >= 4 is 17.4 Å². The molecule has 7 nitrogen and oxygen atoms in total. The van der Waals surface area contributed by atoms with Crippen molar-refractivity contribution in [3.8, 4) is 5.75 Å². The lowest BCUT2D eigenvalue weighted by atomic mass is 9.96. The van der Waals surface area contributed by atoms with Gasteiger partial charge in [0.1, 0.15) is 5.75 Å². The Kier molecular flexibility index (Phi) is 7.64. The fourth-order valence-electron chi connectivity index (χ4n) is 3.99. The first kappa shape index (κ1) is 23.5.